The number of esters is 1. The number of aromatic nitrogens is 1. The van der Waals surface area contributed by atoms with E-state index in [0.29, 0.717) is 29.3 Å². The van der Waals surface area contributed by atoms with Crippen molar-refractivity contribution in [2.75, 3.05) is 17.7 Å². The number of nitrogens with zero attached hydrogens (tertiary/aromatic N) is 1. The highest BCUT2D eigenvalue weighted by atomic mass is 32.2. The molecular weight excluding hydrogens is 372 g/mol. The summed E-state index contributed by atoms with van der Waals surface area (Å²) in [6.07, 6.45) is 3.86. The largest absolute Gasteiger partial charge is 0.462 e. The fourth-order valence-corrected chi connectivity index (χ4v) is 3.64. The van der Waals surface area contributed by atoms with E-state index in [0.717, 1.165) is 17.3 Å². The molecule has 2 aromatic rings. The Morgan fingerprint density at radius 2 is 2.19 bits per heavy atom. The van der Waals surface area contributed by atoms with Gasteiger partial charge >= 0.3 is 5.97 Å². The zero-order chi connectivity index (χ0) is 18.9. The number of thiophene rings is 1. The Morgan fingerprint density at radius 3 is 2.85 bits per heavy atom. The third-order valence-electron chi connectivity index (χ3n) is 3.41. The second-order valence-electron chi connectivity index (χ2n) is 5.47. The Morgan fingerprint density at radius 1 is 1.38 bits per heavy atom. The van der Waals surface area contributed by atoms with Crippen LogP contribution < -0.4 is 5.32 Å². The summed E-state index contributed by atoms with van der Waals surface area (Å²) in [6.45, 7) is 3.52. The molecule has 1 atom stereocenters. The van der Waals surface area contributed by atoms with Gasteiger partial charge in [0.2, 0.25) is 5.91 Å². The second kappa shape index (κ2) is 10.1. The number of anilines is 1. The minimum atomic E-state index is -0.406. The molecule has 6 nitrogen and oxygen atoms in total. The number of carbonyl (C=O) groups is 3. The van der Waals surface area contributed by atoms with Gasteiger partial charge < -0.3 is 10.1 Å². The average Bonchev–Trinajstić information content (AvgIpc) is 3.08. The SMILES string of the molecule is CCOC(=O)c1cc(NC(=O)C(CSC(C)=O)Cc2cccnc2)cs1. The molecule has 0 aliphatic rings. The third-order valence-corrected chi connectivity index (χ3v) is 5.29. The van der Waals surface area contributed by atoms with E-state index >= 15 is 0 Å². The molecule has 0 saturated carbocycles. The monoisotopic (exact) mass is 392 g/mol. The number of thioether (sulfide) groups is 1. The van der Waals surface area contributed by atoms with E-state index in [-0.39, 0.29) is 16.9 Å². The lowest BCUT2D eigenvalue weighted by Gasteiger charge is -2.15. The Bertz CT molecular complexity index is 762. The van der Waals surface area contributed by atoms with E-state index in [1.165, 1.54) is 18.3 Å². The summed E-state index contributed by atoms with van der Waals surface area (Å²) in [6, 6.07) is 5.31. The van der Waals surface area contributed by atoms with Crippen LogP contribution in [0.15, 0.2) is 36.0 Å². The van der Waals surface area contributed by atoms with E-state index < -0.39 is 5.97 Å². The van der Waals surface area contributed by atoms with Crippen LogP contribution in [0.3, 0.4) is 0 Å². The molecule has 0 aromatic carbocycles. The minimum absolute atomic E-state index is 0.0332. The van der Waals surface area contributed by atoms with Crippen molar-refractivity contribution in [1.29, 1.82) is 0 Å². The van der Waals surface area contributed by atoms with Gasteiger partial charge in [0.25, 0.3) is 0 Å². The maximum absolute atomic E-state index is 12.7. The topological polar surface area (TPSA) is 85.4 Å². The molecule has 0 fully saturated rings. The lowest BCUT2D eigenvalue weighted by molar-refractivity contribution is -0.119. The molecule has 0 aliphatic carbocycles. The van der Waals surface area contributed by atoms with Gasteiger partial charge in [0.05, 0.1) is 18.2 Å². The molecule has 8 heteroatoms. The number of rotatable bonds is 8. The molecular formula is C18H20N2O4S2. The molecule has 138 valence electrons. The highest BCUT2D eigenvalue weighted by molar-refractivity contribution is 8.13. The van der Waals surface area contributed by atoms with Gasteiger partial charge in [0.15, 0.2) is 5.12 Å². The number of nitrogens with one attached hydrogen (secondary N) is 1. The van der Waals surface area contributed by atoms with E-state index in [2.05, 4.69) is 10.3 Å². The molecule has 26 heavy (non-hydrogen) atoms. The van der Waals surface area contributed by atoms with E-state index in [9.17, 15) is 14.4 Å². The van der Waals surface area contributed by atoms with Crippen molar-refractivity contribution in [2.24, 2.45) is 5.92 Å². The van der Waals surface area contributed by atoms with Gasteiger partial charge in [-0.1, -0.05) is 17.8 Å². The van der Waals surface area contributed by atoms with Crippen LogP contribution in [0.25, 0.3) is 0 Å². The molecule has 2 rings (SSSR count). The van der Waals surface area contributed by atoms with Crippen molar-refractivity contribution in [3.05, 3.63) is 46.4 Å². The number of ether oxygens (including phenoxy) is 1. The fraction of sp³-hybridized carbons (Fsp3) is 0.333. The standard InChI is InChI=1S/C18H20N2O4S2/c1-3-24-18(23)16-8-15(11-26-16)20-17(22)14(10-25-12(2)21)7-13-5-4-6-19-9-13/h4-6,8-9,11,14H,3,7,10H2,1-2H3,(H,20,22). The van der Waals surface area contributed by atoms with Crippen molar-refractivity contribution in [3.63, 3.8) is 0 Å². The van der Waals surface area contributed by atoms with Gasteiger partial charge in [-0.05, 0) is 31.0 Å². The second-order valence-corrected chi connectivity index (χ2v) is 7.58. The number of carbonyl (C=O) groups excluding carboxylic acids is 3. The minimum Gasteiger partial charge on any atom is -0.462 e. The lowest BCUT2D eigenvalue weighted by atomic mass is 10.0. The van der Waals surface area contributed by atoms with E-state index in [1.54, 1.807) is 30.8 Å². The van der Waals surface area contributed by atoms with Crippen LogP contribution in [0.1, 0.15) is 29.1 Å². The zero-order valence-electron chi connectivity index (χ0n) is 14.6. The molecule has 1 N–H and O–H groups in total. The van der Waals surface area contributed by atoms with Crippen molar-refractivity contribution >= 4 is 45.8 Å². The van der Waals surface area contributed by atoms with Gasteiger partial charge in [-0.3, -0.25) is 14.6 Å². The maximum atomic E-state index is 12.7. The number of hydrogen-bond donors (Lipinski definition) is 1. The quantitative estimate of drug-likeness (QED) is 0.693. The Kier molecular flexibility index (Phi) is 7.80. The summed E-state index contributed by atoms with van der Waals surface area (Å²) in [5, 5.41) is 4.49. The molecule has 0 aliphatic heterocycles. The third kappa shape index (κ3) is 6.27. The highest BCUT2D eigenvalue weighted by Gasteiger charge is 2.21. The predicted octanol–water partition coefficient (Wildman–Crippen LogP) is 3.40. The molecule has 0 bridgehead atoms. The average molecular weight is 393 g/mol. The van der Waals surface area contributed by atoms with Gasteiger partial charge in [-0.15, -0.1) is 11.3 Å². The summed E-state index contributed by atoms with van der Waals surface area (Å²) in [4.78, 5) is 40.2. The number of amides is 1. The van der Waals surface area contributed by atoms with Gasteiger partial charge in [0.1, 0.15) is 4.88 Å². The van der Waals surface area contributed by atoms with Crippen LogP contribution in [0.5, 0.6) is 0 Å². The normalized spacial score (nSPS) is 11.6. The molecule has 0 radical (unpaired) electrons. The Hall–Kier alpha value is -2.19. The van der Waals surface area contributed by atoms with E-state index in [4.69, 9.17) is 4.74 Å². The van der Waals surface area contributed by atoms with Crippen LogP contribution in [0.2, 0.25) is 0 Å². The van der Waals surface area contributed by atoms with Crippen LogP contribution in [0.4, 0.5) is 5.69 Å². The van der Waals surface area contributed by atoms with Crippen LogP contribution in [0, 0.1) is 5.92 Å². The molecule has 1 unspecified atom stereocenters. The first-order valence-electron chi connectivity index (χ1n) is 8.08. The Balaban J connectivity index is 2.05. The summed E-state index contributed by atoms with van der Waals surface area (Å²) < 4.78 is 4.95. The molecule has 2 heterocycles. The number of hydrogen-bond acceptors (Lipinski definition) is 7. The smallest absolute Gasteiger partial charge is 0.348 e. The van der Waals surface area contributed by atoms with Gasteiger partial charge in [0, 0.05) is 30.5 Å². The summed E-state index contributed by atoms with van der Waals surface area (Å²) in [5.74, 6) is -0.614. The zero-order valence-corrected chi connectivity index (χ0v) is 16.2. The first kappa shape index (κ1) is 20.1. The molecule has 2 aromatic heterocycles. The van der Waals surface area contributed by atoms with Gasteiger partial charge in [-0.25, -0.2) is 4.79 Å². The highest BCUT2D eigenvalue weighted by Crippen LogP contribution is 2.22. The lowest BCUT2D eigenvalue weighted by Crippen LogP contribution is -2.27. The van der Waals surface area contributed by atoms with Crippen molar-refractivity contribution in [2.45, 2.75) is 20.3 Å². The van der Waals surface area contributed by atoms with E-state index in [1.807, 2.05) is 12.1 Å². The van der Waals surface area contributed by atoms with Crippen LogP contribution in [-0.4, -0.2) is 34.3 Å². The summed E-state index contributed by atoms with van der Waals surface area (Å²) >= 11 is 2.34. The molecule has 0 spiro atoms. The van der Waals surface area contributed by atoms with Crippen LogP contribution in [-0.2, 0) is 20.7 Å². The summed E-state index contributed by atoms with van der Waals surface area (Å²) in [7, 11) is 0. The number of pyridine rings is 1. The summed E-state index contributed by atoms with van der Waals surface area (Å²) in [5.41, 5.74) is 1.47. The van der Waals surface area contributed by atoms with Crippen LogP contribution >= 0.6 is 23.1 Å². The predicted molar refractivity (Wildman–Crippen MR) is 103 cm³/mol. The fourth-order valence-electron chi connectivity index (χ4n) is 2.20. The van der Waals surface area contributed by atoms with Crippen molar-refractivity contribution < 1.29 is 19.1 Å². The maximum Gasteiger partial charge on any atom is 0.348 e. The molecule has 0 saturated heterocycles. The molecule has 1 amide bonds. The first-order chi connectivity index (χ1) is 12.5. The van der Waals surface area contributed by atoms with Crippen molar-refractivity contribution in [3.8, 4) is 0 Å². The Labute approximate surface area is 160 Å². The van der Waals surface area contributed by atoms with Gasteiger partial charge in [-0.2, -0.15) is 0 Å². The first-order valence-corrected chi connectivity index (χ1v) is 9.95. The van der Waals surface area contributed by atoms with Crippen molar-refractivity contribution in [1.82, 2.24) is 4.98 Å².